The second-order valence-electron chi connectivity index (χ2n) is 10.6. The smallest absolute Gasteiger partial charge is 0.225 e. The van der Waals surface area contributed by atoms with Crippen molar-refractivity contribution >= 4 is 23.1 Å². The number of carbonyl (C=O) groups excluding carboxylic acids is 1. The summed E-state index contributed by atoms with van der Waals surface area (Å²) in [6.07, 6.45) is 8.34. The predicted molar refractivity (Wildman–Crippen MR) is 133 cm³/mol. The van der Waals surface area contributed by atoms with Gasteiger partial charge in [0, 0.05) is 66.7 Å². The van der Waals surface area contributed by atoms with Crippen molar-refractivity contribution in [1.29, 1.82) is 0 Å². The van der Waals surface area contributed by atoms with E-state index in [-0.39, 0.29) is 12.1 Å². The van der Waals surface area contributed by atoms with E-state index in [2.05, 4.69) is 39.9 Å². The normalized spacial score (nSPS) is 22.2. The second kappa shape index (κ2) is 9.10. The van der Waals surface area contributed by atoms with Crippen LogP contribution in [0.15, 0.2) is 36.7 Å². The molecule has 2 atom stereocenters. The summed E-state index contributed by atoms with van der Waals surface area (Å²) in [5.74, 6) is 1.20. The van der Waals surface area contributed by atoms with Gasteiger partial charge in [0.1, 0.15) is 12.0 Å². The molecule has 1 aromatic carbocycles. The Hall–Kier alpha value is -2.80. The van der Waals surface area contributed by atoms with Crippen molar-refractivity contribution in [3.8, 4) is 0 Å². The van der Waals surface area contributed by atoms with Crippen molar-refractivity contribution in [1.82, 2.24) is 19.9 Å². The predicted octanol–water partition coefficient (Wildman–Crippen LogP) is 4.85. The molecule has 3 aromatic rings. The van der Waals surface area contributed by atoms with E-state index in [4.69, 9.17) is 9.97 Å². The molecule has 0 radical (unpaired) electrons. The molecule has 6 nitrogen and oxygen atoms in total. The van der Waals surface area contributed by atoms with Crippen LogP contribution in [0.2, 0.25) is 0 Å². The van der Waals surface area contributed by atoms with Gasteiger partial charge in [0.15, 0.2) is 0 Å². The molecule has 4 heterocycles. The van der Waals surface area contributed by atoms with Crippen molar-refractivity contribution in [3.63, 3.8) is 0 Å². The van der Waals surface area contributed by atoms with E-state index in [9.17, 15) is 9.18 Å². The van der Waals surface area contributed by atoms with Gasteiger partial charge in [0.25, 0.3) is 0 Å². The van der Waals surface area contributed by atoms with Crippen LogP contribution in [-0.4, -0.2) is 57.5 Å². The van der Waals surface area contributed by atoms with Gasteiger partial charge >= 0.3 is 0 Å². The van der Waals surface area contributed by atoms with Gasteiger partial charge in [0.2, 0.25) is 5.95 Å². The first kappa shape index (κ1) is 23.0. The lowest BCUT2D eigenvalue weighted by atomic mass is 9.88. The van der Waals surface area contributed by atoms with E-state index < -0.39 is 5.67 Å². The molecule has 0 aliphatic carbocycles. The molecule has 1 fully saturated rings. The summed E-state index contributed by atoms with van der Waals surface area (Å²) in [5.41, 5.74) is 3.20. The van der Waals surface area contributed by atoms with Crippen LogP contribution in [0.5, 0.6) is 0 Å². The maximum Gasteiger partial charge on any atom is 0.225 e. The fourth-order valence-electron chi connectivity index (χ4n) is 5.69. The number of fused-ring (bicyclic) bond motifs is 3. The third-order valence-corrected chi connectivity index (χ3v) is 7.38. The van der Waals surface area contributed by atoms with E-state index in [0.717, 1.165) is 61.4 Å². The molecule has 2 aliphatic rings. The van der Waals surface area contributed by atoms with E-state index in [1.165, 1.54) is 10.9 Å². The van der Waals surface area contributed by atoms with Gasteiger partial charge in [-0.3, -0.25) is 4.90 Å². The van der Waals surface area contributed by atoms with Gasteiger partial charge in [-0.05, 0) is 57.6 Å². The molecule has 2 aliphatic heterocycles. The fourth-order valence-corrected chi connectivity index (χ4v) is 5.69. The van der Waals surface area contributed by atoms with Crippen LogP contribution in [0.3, 0.4) is 0 Å². The van der Waals surface area contributed by atoms with E-state index in [0.29, 0.717) is 18.9 Å². The zero-order valence-corrected chi connectivity index (χ0v) is 20.3. The highest BCUT2D eigenvalue weighted by atomic mass is 19.1. The Morgan fingerprint density at radius 2 is 1.88 bits per heavy atom. The number of hydrogen-bond acceptors (Lipinski definition) is 5. The number of nitrogens with zero attached hydrogens (tertiary/aromatic N) is 4. The molecule has 5 rings (SSSR count). The Balaban J connectivity index is 1.48. The molecule has 1 N–H and O–H groups in total. The Bertz CT molecular complexity index is 1140. The number of rotatable bonds is 6. The van der Waals surface area contributed by atoms with Crippen LogP contribution < -0.4 is 4.90 Å². The Labute approximate surface area is 200 Å². The maximum atomic E-state index is 14.9. The van der Waals surface area contributed by atoms with Crippen LogP contribution in [0.1, 0.15) is 62.9 Å². The third-order valence-electron chi connectivity index (χ3n) is 7.38. The zero-order valence-electron chi connectivity index (χ0n) is 20.3. The van der Waals surface area contributed by atoms with E-state index in [1.54, 1.807) is 13.8 Å². The molecule has 34 heavy (non-hydrogen) atoms. The number of aromatic amines is 1. The lowest BCUT2D eigenvalue weighted by Crippen LogP contribution is -2.47. The SMILES string of the molecule is C[C@@H]1Cc2c([nH]c3ccccc23)[C@@H](c2cnc(N3CCC(CC=O)CC3)nc2)N1CC(C)(C)F. The van der Waals surface area contributed by atoms with Crippen LogP contribution in [0.4, 0.5) is 10.3 Å². The highest BCUT2D eigenvalue weighted by Crippen LogP contribution is 2.41. The van der Waals surface area contributed by atoms with Gasteiger partial charge in [-0.2, -0.15) is 0 Å². The van der Waals surface area contributed by atoms with Crippen LogP contribution in [0.25, 0.3) is 10.9 Å². The molecule has 0 spiro atoms. The largest absolute Gasteiger partial charge is 0.357 e. The number of anilines is 1. The minimum absolute atomic E-state index is 0.131. The van der Waals surface area contributed by atoms with Crippen molar-refractivity contribution < 1.29 is 9.18 Å². The summed E-state index contributed by atoms with van der Waals surface area (Å²) < 4.78 is 14.9. The molecule has 7 heteroatoms. The minimum atomic E-state index is -1.32. The quantitative estimate of drug-likeness (QED) is 0.530. The maximum absolute atomic E-state index is 14.9. The average Bonchev–Trinajstić information content (AvgIpc) is 3.18. The Morgan fingerprint density at radius 1 is 1.18 bits per heavy atom. The molecule has 0 saturated carbocycles. The highest BCUT2D eigenvalue weighted by molar-refractivity contribution is 5.85. The van der Waals surface area contributed by atoms with Gasteiger partial charge in [-0.25, -0.2) is 14.4 Å². The molecule has 2 aromatic heterocycles. The van der Waals surface area contributed by atoms with Crippen LogP contribution in [-0.2, 0) is 11.2 Å². The number of alkyl halides is 1. The number of H-pyrrole nitrogens is 1. The monoisotopic (exact) mass is 463 g/mol. The third kappa shape index (κ3) is 4.45. The number of piperidine rings is 1. The standard InChI is InChI=1S/C27H34FN5O/c1-18-14-22-21-6-4-5-7-23(21)31-24(22)25(33(18)17-27(2,3)28)20-15-29-26(30-16-20)32-11-8-19(9-12-32)10-13-34/h4-7,13,15-16,18-19,25,31H,8-12,14,17H2,1-3H3/t18-,25-/m1/s1. The molecular weight excluding hydrogens is 429 g/mol. The molecule has 1 saturated heterocycles. The highest BCUT2D eigenvalue weighted by Gasteiger charge is 2.38. The number of para-hydroxylation sites is 1. The fraction of sp³-hybridized carbons (Fsp3) is 0.519. The van der Waals surface area contributed by atoms with Crippen LogP contribution in [0, 0.1) is 5.92 Å². The van der Waals surface area contributed by atoms with Gasteiger partial charge in [-0.15, -0.1) is 0 Å². The van der Waals surface area contributed by atoms with Crippen molar-refractivity contribution in [2.24, 2.45) is 5.92 Å². The number of hydrogen-bond donors (Lipinski definition) is 1. The number of carbonyl (C=O) groups is 1. The number of halogens is 1. The van der Waals surface area contributed by atoms with Gasteiger partial charge < -0.3 is 14.7 Å². The molecule has 0 amide bonds. The topological polar surface area (TPSA) is 65.1 Å². The van der Waals surface area contributed by atoms with E-state index >= 15 is 0 Å². The summed E-state index contributed by atoms with van der Waals surface area (Å²) in [7, 11) is 0. The first-order valence-corrected chi connectivity index (χ1v) is 12.4. The second-order valence-corrected chi connectivity index (χ2v) is 10.6. The number of benzene rings is 1. The van der Waals surface area contributed by atoms with Crippen molar-refractivity contribution in [2.75, 3.05) is 24.5 Å². The lowest BCUT2D eigenvalue weighted by Gasteiger charge is -2.42. The summed E-state index contributed by atoms with van der Waals surface area (Å²) in [4.78, 5) is 28.4. The molecular formula is C27H34FN5O. The minimum Gasteiger partial charge on any atom is -0.357 e. The first-order chi connectivity index (χ1) is 16.3. The summed E-state index contributed by atoms with van der Waals surface area (Å²) in [6.45, 7) is 7.54. The Kier molecular flexibility index (Phi) is 6.15. The molecule has 0 bridgehead atoms. The average molecular weight is 464 g/mol. The van der Waals surface area contributed by atoms with Crippen molar-refractivity contribution in [2.45, 2.75) is 64.2 Å². The zero-order chi connectivity index (χ0) is 23.9. The van der Waals surface area contributed by atoms with Gasteiger partial charge in [-0.1, -0.05) is 18.2 Å². The van der Waals surface area contributed by atoms with Crippen molar-refractivity contribution in [3.05, 3.63) is 53.5 Å². The number of nitrogens with one attached hydrogen (secondary N) is 1. The number of aldehydes is 1. The Morgan fingerprint density at radius 3 is 2.56 bits per heavy atom. The molecule has 0 unspecified atom stereocenters. The van der Waals surface area contributed by atoms with E-state index in [1.807, 2.05) is 18.5 Å². The number of aromatic nitrogens is 3. The lowest BCUT2D eigenvalue weighted by molar-refractivity contribution is -0.108. The summed E-state index contributed by atoms with van der Waals surface area (Å²) >= 11 is 0. The first-order valence-electron chi connectivity index (χ1n) is 12.4. The summed E-state index contributed by atoms with van der Waals surface area (Å²) in [6, 6.07) is 8.44. The van der Waals surface area contributed by atoms with Gasteiger partial charge in [0.05, 0.1) is 6.04 Å². The molecule has 180 valence electrons. The van der Waals surface area contributed by atoms with Crippen LogP contribution >= 0.6 is 0 Å². The summed E-state index contributed by atoms with van der Waals surface area (Å²) in [5, 5.41) is 1.24.